The Hall–Kier alpha value is -2.50. The zero-order valence-electron chi connectivity index (χ0n) is 13.4. The van der Waals surface area contributed by atoms with Gasteiger partial charge in [0.15, 0.2) is 0 Å². The largest absolute Gasteiger partial charge is 0.497 e. The molecule has 0 N–H and O–H groups in total. The first-order valence-electron chi connectivity index (χ1n) is 7.08. The standard InChI is InChI=1S/C16H21N3O3/c1-5-19-7-6-13(17-19)11-18(2)16(20)12-8-14(21-3)10-15(9-12)22-4/h6-10H,5,11H2,1-4H3. The Bertz CT molecular complexity index is 630. The summed E-state index contributed by atoms with van der Waals surface area (Å²) in [6.07, 6.45) is 1.90. The van der Waals surface area contributed by atoms with Crippen LogP contribution in [0.2, 0.25) is 0 Å². The highest BCUT2D eigenvalue weighted by molar-refractivity contribution is 5.94. The van der Waals surface area contributed by atoms with Gasteiger partial charge in [0.1, 0.15) is 11.5 Å². The van der Waals surface area contributed by atoms with Gasteiger partial charge < -0.3 is 14.4 Å². The predicted octanol–water partition coefficient (Wildman–Crippen LogP) is 2.19. The molecule has 0 aliphatic heterocycles. The van der Waals surface area contributed by atoms with E-state index in [4.69, 9.17) is 9.47 Å². The number of aromatic nitrogens is 2. The summed E-state index contributed by atoms with van der Waals surface area (Å²) in [4.78, 5) is 14.2. The summed E-state index contributed by atoms with van der Waals surface area (Å²) >= 11 is 0. The maximum atomic E-state index is 12.5. The Morgan fingerprint density at radius 3 is 2.36 bits per heavy atom. The van der Waals surface area contributed by atoms with Crippen LogP contribution in [0.25, 0.3) is 0 Å². The van der Waals surface area contributed by atoms with Gasteiger partial charge in [-0.25, -0.2) is 0 Å². The summed E-state index contributed by atoms with van der Waals surface area (Å²) in [6, 6.07) is 7.05. The lowest BCUT2D eigenvalue weighted by atomic mass is 10.1. The third kappa shape index (κ3) is 3.58. The van der Waals surface area contributed by atoms with Crippen molar-refractivity contribution in [2.45, 2.75) is 20.0 Å². The number of carbonyl (C=O) groups is 1. The molecule has 118 valence electrons. The smallest absolute Gasteiger partial charge is 0.254 e. The van der Waals surface area contributed by atoms with Crippen LogP contribution in [0, 0.1) is 0 Å². The van der Waals surface area contributed by atoms with Gasteiger partial charge in [0.2, 0.25) is 0 Å². The Kier molecular flexibility index (Phi) is 5.04. The SMILES string of the molecule is CCn1ccc(CN(C)C(=O)c2cc(OC)cc(OC)c2)n1. The van der Waals surface area contributed by atoms with E-state index >= 15 is 0 Å². The average molecular weight is 303 g/mol. The molecule has 0 saturated heterocycles. The fourth-order valence-corrected chi connectivity index (χ4v) is 2.13. The molecule has 6 nitrogen and oxygen atoms in total. The second kappa shape index (κ2) is 6.98. The van der Waals surface area contributed by atoms with Gasteiger partial charge in [0.25, 0.3) is 5.91 Å². The number of rotatable bonds is 6. The van der Waals surface area contributed by atoms with Gasteiger partial charge in [-0.3, -0.25) is 9.48 Å². The molecule has 22 heavy (non-hydrogen) atoms. The zero-order chi connectivity index (χ0) is 16.1. The molecule has 2 rings (SSSR count). The van der Waals surface area contributed by atoms with Gasteiger partial charge >= 0.3 is 0 Å². The van der Waals surface area contributed by atoms with Crippen molar-refractivity contribution in [3.8, 4) is 11.5 Å². The Balaban J connectivity index is 2.15. The van der Waals surface area contributed by atoms with Crippen molar-refractivity contribution in [1.29, 1.82) is 0 Å². The third-order valence-corrected chi connectivity index (χ3v) is 3.36. The third-order valence-electron chi connectivity index (χ3n) is 3.36. The van der Waals surface area contributed by atoms with Crippen LogP contribution in [0.4, 0.5) is 0 Å². The number of nitrogens with zero attached hydrogens (tertiary/aromatic N) is 3. The number of amides is 1. The highest BCUT2D eigenvalue weighted by Gasteiger charge is 2.15. The van der Waals surface area contributed by atoms with Gasteiger partial charge in [-0.2, -0.15) is 5.10 Å². The van der Waals surface area contributed by atoms with Crippen molar-refractivity contribution in [2.75, 3.05) is 21.3 Å². The molecule has 1 heterocycles. The monoisotopic (exact) mass is 303 g/mol. The van der Waals surface area contributed by atoms with E-state index in [9.17, 15) is 4.79 Å². The molecule has 0 radical (unpaired) electrons. The molecule has 0 saturated carbocycles. The topological polar surface area (TPSA) is 56.6 Å². The maximum Gasteiger partial charge on any atom is 0.254 e. The number of hydrogen-bond acceptors (Lipinski definition) is 4. The molecule has 6 heteroatoms. The van der Waals surface area contributed by atoms with Crippen LogP contribution in [0.5, 0.6) is 11.5 Å². The van der Waals surface area contributed by atoms with Gasteiger partial charge in [0.05, 0.1) is 26.5 Å². The minimum atomic E-state index is -0.108. The van der Waals surface area contributed by atoms with Crippen molar-refractivity contribution in [3.63, 3.8) is 0 Å². The van der Waals surface area contributed by atoms with E-state index in [0.29, 0.717) is 23.6 Å². The Morgan fingerprint density at radius 1 is 1.23 bits per heavy atom. The number of hydrogen-bond donors (Lipinski definition) is 0. The molecule has 0 fully saturated rings. The minimum Gasteiger partial charge on any atom is -0.497 e. The molecule has 0 aliphatic rings. The number of benzene rings is 1. The van der Waals surface area contributed by atoms with E-state index in [-0.39, 0.29) is 5.91 Å². The molecule has 1 aromatic carbocycles. The van der Waals surface area contributed by atoms with Gasteiger partial charge in [-0.15, -0.1) is 0 Å². The summed E-state index contributed by atoms with van der Waals surface area (Å²) in [5, 5.41) is 4.39. The van der Waals surface area contributed by atoms with Crippen LogP contribution in [0.15, 0.2) is 30.5 Å². The van der Waals surface area contributed by atoms with Gasteiger partial charge in [-0.05, 0) is 25.1 Å². The van der Waals surface area contributed by atoms with Gasteiger partial charge in [-0.1, -0.05) is 0 Å². The molecular formula is C16H21N3O3. The summed E-state index contributed by atoms with van der Waals surface area (Å²) < 4.78 is 12.2. The van der Waals surface area contributed by atoms with E-state index in [1.807, 2.05) is 23.9 Å². The number of methoxy groups -OCH3 is 2. The molecular weight excluding hydrogens is 282 g/mol. The van der Waals surface area contributed by atoms with Gasteiger partial charge in [0, 0.05) is 31.4 Å². The number of ether oxygens (including phenoxy) is 2. The Morgan fingerprint density at radius 2 is 1.86 bits per heavy atom. The minimum absolute atomic E-state index is 0.108. The van der Waals surface area contributed by atoms with Crippen molar-refractivity contribution < 1.29 is 14.3 Å². The summed E-state index contributed by atoms with van der Waals surface area (Å²) in [6.45, 7) is 3.28. The summed E-state index contributed by atoms with van der Waals surface area (Å²) in [7, 11) is 4.87. The number of carbonyl (C=O) groups excluding carboxylic acids is 1. The zero-order valence-corrected chi connectivity index (χ0v) is 13.4. The highest BCUT2D eigenvalue weighted by atomic mass is 16.5. The summed E-state index contributed by atoms with van der Waals surface area (Å²) in [5.41, 5.74) is 1.38. The van der Waals surface area contributed by atoms with E-state index in [2.05, 4.69) is 5.10 Å². The van der Waals surface area contributed by atoms with Crippen LogP contribution >= 0.6 is 0 Å². The maximum absolute atomic E-state index is 12.5. The second-order valence-corrected chi connectivity index (χ2v) is 4.93. The lowest BCUT2D eigenvalue weighted by molar-refractivity contribution is 0.0782. The second-order valence-electron chi connectivity index (χ2n) is 4.93. The van der Waals surface area contributed by atoms with Crippen LogP contribution in [0.3, 0.4) is 0 Å². The van der Waals surface area contributed by atoms with Crippen LogP contribution in [0.1, 0.15) is 23.0 Å². The molecule has 1 aromatic heterocycles. The molecule has 0 spiro atoms. The normalized spacial score (nSPS) is 10.4. The van der Waals surface area contributed by atoms with E-state index in [1.54, 1.807) is 44.4 Å². The van der Waals surface area contributed by atoms with E-state index in [1.165, 1.54) is 0 Å². The highest BCUT2D eigenvalue weighted by Crippen LogP contribution is 2.23. The molecule has 1 amide bonds. The quantitative estimate of drug-likeness (QED) is 0.821. The first kappa shape index (κ1) is 15.9. The van der Waals surface area contributed by atoms with Crippen molar-refractivity contribution in [1.82, 2.24) is 14.7 Å². The lowest BCUT2D eigenvalue weighted by Crippen LogP contribution is -2.26. The van der Waals surface area contributed by atoms with Crippen LogP contribution < -0.4 is 9.47 Å². The van der Waals surface area contributed by atoms with Crippen molar-refractivity contribution >= 4 is 5.91 Å². The van der Waals surface area contributed by atoms with E-state index in [0.717, 1.165) is 12.2 Å². The van der Waals surface area contributed by atoms with E-state index < -0.39 is 0 Å². The molecule has 0 aliphatic carbocycles. The molecule has 0 atom stereocenters. The summed E-state index contributed by atoms with van der Waals surface area (Å²) in [5.74, 6) is 1.07. The first-order chi connectivity index (χ1) is 10.6. The van der Waals surface area contributed by atoms with Crippen LogP contribution in [-0.2, 0) is 13.1 Å². The average Bonchev–Trinajstić information content (AvgIpc) is 3.00. The fourth-order valence-electron chi connectivity index (χ4n) is 2.13. The number of aryl methyl sites for hydroxylation is 1. The first-order valence-corrected chi connectivity index (χ1v) is 7.08. The Labute approximate surface area is 130 Å². The molecule has 0 bridgehead atoms. The lowest BCUT2D eigenvalue weighted by Gasteiger charge is -2.17. The molecule has 0 unspecified atom stereocenters. The predicted molar refractivity (Wildman–Crippen MR) is 83.2 cm³/mol. The van der Waals surface area contributed by atoms with Crippen LogP contribution in [-0.4, -0.2) is 41.9 Å². The van der Waals surface area contributed by atoms with Crippen molar-refractivity contribution in [3.05, 3.63) is 41.7 Å². The van der Waals surface area contributed by atoms with Crippen molar-refractivity contribution in [2.24, 2.45) is 0 Å². The molecule has 2 aromatic rings. The fraction of sp³-hybridized carbons (Fsp3) is 0.375.